The predicted molar refractivity (Wildman–Crippen MR) is 88.2 cm³/mol. The van der Waals surface area contributed by atoms with Crippen molar-refractivity contribution in [2.45, 2.75) is 33.9 Å². The van der Waals surface area contributed by atoms with Gasteiger partial charge in [0, 0.05) is 47.4 Å². The van der Waals surface area contributed by atoms with Gasteiger partial charge >= 0.3 is 0 Å². The summed E-state index contributed by atoms with van der Waals surface area (Å²) in [7, 11) is 0. The minimum Gasteiger partial charge on any atom is -0.312 e. The molecule has 2 rings (SSSR count). The van der Waals surface area contributed by atoms with Crippen molar-refractivity contribution in [2.24, 2.45) is 5.92 Å². The van der Waals surface area contributed by atoms with Crippen LogP contribution < -0.4 is 5.32 Å². The molecule has 0 amide bonds. The zero-order chi connectivity index (χ0) is 13.7. The van der Waals surface area contributed by atoms with Gasteiger partial charge in [-0.3, -0.25) is 4.90 Å². The van der Waals surface area contributed by atoms with Crippen LogP contribution in [0.4, 0.5) is 0 Å². The number of thioether (sulfide) groups is 1. The second-order valence-electron chi connectivity index (χ2n) is 5.71. The summed E-state index contributed by atoms with van der Waals surface area (Å²) in [4.78, 5) is 5.58. The molecule has 0 radical (unpaired) electrons. The van der Waals surface area contributed by atoms with Gasteiger partial charge in [-0.05, 0) is 31.0 Å². The summed E-state index contributed by atoms with van der Waals surface area (Å²) in [6.07, 6.45) is 0. The first-order valence-corrected chi connectivity index (χ1v) is 9.21. The van der Waals surface area contributed by atoms with E-state index in [1.54, 1.807) is 5.56 Å². The summed E-state index contributed by atoms with van der Waals surface area (Å²) in [6, 6.07) is 2.41. The van der Waals surface area contributed by atoms with E-state index < -0.39 is 0 Å². The van der Waals surface area contributed by atoms with Crippen molar-refractivity contribution in [3.63, 3.8) is 0 Å². The molecule has 0 aromatic carbocycles. The lowest BCUT2D eigenvalue weighted by Gasteiger charge is -2.25. The van der Waals surface area contributed by atoms with E-state index in [0.29, 0.717) is 0 Å². The van der Waals surface area contributed by atoms with Crippen LogP contribution in [0, 0.1) is 12.8 Å². The van der Waals surface area contributed by atoms with Gasteiger partial charge in [0.2, 0.25) is 0 Å². The van der Waals surface area contributed by atoms with Crippen LogP contribution >= 0.6 is 23.1 Å². The van der Waals surface area contributed by atoms with Gasteiger partial charge in [0.05, 0.1) is 0 Å². The van der Waals surface area contributed by atoms with E-state index in [-0.39, 0.29) is 0 Å². The fraction of sp³-hybridized carbons (Fsp3) is 0.733. The van der Waals surface area contributed by atoms with Crippen LogP contribution in [0.2, 0.25) is 0 Å². The molecule has 1 fully saturated rings. The lowest BCUT2D eigenvalue weighted by molar-refractivity contribution is 0.294. The largest absolute Gasteiger partial charge is 0.312 e. The Kier molecular flexibility index (Phi) is 6.20. The van der Waals surface area contributed by atoms with Crippen LogP contribution in [-0.2, 0) is 13.1 Å². The van der Waals surface area contributed by atoms with Crippen LogP contribution in [0.15, 0.2) is 6.07 Å². The predicted octanol–water partition coefficient (Wildman–Crippen LogP) is 3.35. The highest BCUT2D eigenvalue weighted by Crippen LogP contribution is 2.24. The highest BCUT2D eigenvalue weighted by atomic mass is 32.2. The van der Waals surface area contributed by atoms with Crippen LogP contribution in [0.25, 0.3) is 0 Å². The molecular weight excluding hydrogens is 272 g/mol. The van der Waals surface area contributed by atoms with Crippen LogP contribution in [0.1, 0.15) is 29.2 Å². The van der Waals surface area contributed by atoms with E-state index in [4.69, 9.17) is 0 Å². The Bertz CT molecular complexity index is 381. The van der Waals surface area contributed by atoms with Crippen LogP contribution in [0.3, 0.4) is 0 Å². The van der Waals surface area contributed by atoms with Crippen LogP contribution in [-0.4, -0.2) is 36.0 Å². The van der Waals surface area contributed by atoms with Crippen molar-refractivity contribution < 1.29 is 0 Å². The molecule has 2 heterocycles. The molecule has 1 aromatic heterocycles. The Labute approximate surface area is 126 Å². The Morgan fingerprint density at radius 1 is 1.32 bits per heavy atom. The smallest absolute Gasteiger partial charge is 0.0300 e. The van der Waals surface area contributed by atoms with E-state index in [1.807, 2.05) is 11.3 Å². The standard InChI is InChI=1S/C15H26N2S2/c1-12(2)9-16-10-15-8-14(13(3)19-15)11-17-4-6-18-7-5-17/h8,12,16H,4-7,9-11H2,1-3H3. The molecule has 0 bridgehead atoms. The molecule has 1 aliphatic heterocycles. The number of hydrogen-bond donors (Lipinski definition) is 1. The summed E-state index contributed by atoms with van der Waals surface area (Å²) >= 11 is 4.04. The topological polar surface area (TPSA) is 15.3 Å². The normalized spacial score (nSPS) is 17.3. The maximum atomic E-state index is 3.54. The van der Waals surface area contributed by atoms with E-state index in [9.17, 15) is 0 Å². The zero-order valence-electron chi connectivity index (χ0n) is 12.4. The molecule has 1 N–H and O–H groups in total. The molecule has 1 aliphatic rings. The third-order valence-electron chi connectivity index (χ3n) is 3.42. The van der Waals surface area contributed by atoms with E-state index in [0.717, 1.165) is 25.6 Å². The molecule has 0 unspecified atom stereocenters. The van der Waals surface area contributed by atoms with Gasteiger partial charge in [0.15, 0.2) is 0 Å². The van der Waals surface area contributed by atoms with E-state index in [1.165, 1.54) is 34.3 Å². The summed E-state index contributed by atoms with van der Waals surface area (Å²) in [5.41, 5.74) is 1.54. The minimum atomic E-state index is 0.728. The van der Waals surface area contributed by atoms with Gasteiger partial charge in [-0.2, -0.15) is 11.8 Å². The van der Waals surface area contributed by atoms with Crippen molar-refractivity contribution in [3.05, 3.63) is 21.4 Å². The third-order valence-corrected chi connectivity index (χ3v) is 5.46. The summed E-state index contributed by atoms with van der Waals surface area (Å²) < 4.78 is 0. The second-order valence-corrected chi connectivity index (χ2v) is 8.27. The van der Waals surface area contributed by atoms with Crippen molar-refractivity contribution in [1.29, 1.82) is 0 Å². The molecule has 0 saturated carbocycles. The maximum Gasteiger partial charge on any atom is 0.0300 e. The summed E-state index contributed by atoms with van der Waals surface area (Å²) in [6.45, 7) is 12.6. The molecule has 0 aliphatic carbocycles. The van der Waals surface area contributed by atoms with Crippen molar-refractivity contribution >= 4 is 23.1 Å². The Hall–Kier alpha value is -0.0300. The van der Waals surface area contributed by atoms with Crippen LogP contribution in [0.5, 0.6) is 0 Å². The molecule has 1 saturated heterocycles. The van der Waals surface area contributed by atoms with Gasteiger partial charge in [-0.15, -0.1) is 11.3 Å². The fourth-order valence-corrected chi connectivity index (χ4v) is 4.32. The average Bonchev–Trinajstić information content (AvgIpc) is 2.71. The number of aryl methyl sites for hydroxylation is 1. The van der Waals surface area contributed by atoms with Crippen molar-refractivity contribution in [2.75, 3.05) is 31.1 Å². The first kappa shape index (κ1) is 15.4. The maximum absolute atomic E-state index is 3.54. The first-order chi connectivity index (χ1) is 9.15. The minimum absolute atomic E-state index is 0.728. The third kappa shape index (κ3) is 5.10. The molecule has 1 aromatic rings. The number of thiophene rings is 1. The molecule has 19 heavy (non-hydrogen) atoms. The second kappa shape index (κ2) is 7.67. The highest BCUT2D eigenvalue weighted by molar-refractivity contribution is 7.99. The zero-order valence-corrected chi connectivity index (χ0v) is 14.0. The van der Waals surface area contributed by atoms with E-state index >= 15 is 0 Å². The van der Waals surface area contributed by atoms with Gasteiger partial charge in [-0.25, -0.2) is 0 Å². The molecular formula is C15H26N2S2. The average molecular weight is 299 g/mol. The highest BCUT2D eigenvalue weighted by Gasteiger charge is 2.13. The lowest BCUT2D eigenvalue weighted by Crippen LogP contribution is -2.32. The van der Waals surface area contributed by atoms with Gasteiger partial charge < -0.3 is 5.32 Å². The Balaban J connectivity index is 1.85. The fourth-order valence-electron chi connectivity index (χ4n) is 2.32. The molecule has 4 heteroatoms. The number of rotatable bonds is 6. The quantitative estimate of drug-likeness (QED) is 0.867. The lowest BCUT2D eigenvalue weighted by atomic mass is 10.2. The first-order valence-electron chi connectivity index (χ1n) is 7.24. The summed E-state index contributed by atoms with van der Waals surface area (Å²) in [5.74, 6) is 3.32. The SMILES string of the molecule is Cc1sc(CNCC(C)C)cc1CN1CCSCC1. The molecule has 108 valence electrons. The van der Waals surface area contributed by atoms with Gasteiger partial charge in [-0.1, -0.05) is 13.8 Å². The summed E-state index contributed by atoms with van der Waals surface area (Å²) in [5, 5.41) is 3.54. The van der Waals surface area contributed by atoms with Gasteiger partial charge in [0.1, 0.15) is 0 Å². The molecule has 0 spiro atoms. The Morgan fingerprint density at radius 3 is 2.74 bits per heavy atom. The van der Waals surface area contributed by atoms with Crippen molar-refractivity contribution in [1.82, 2.24) is 10.2 Å². The molecule has 2 nitrogen and oxygen atoms in total. The van der Waals surface area contributed by atoms with Crippen molar-refractivity contribution in [3.8, 4) is 0 Å². The van der Waals surface area contributed by atoms with E-state index in [2.05, 4.69) is 48.8 Å². The number of hydrogen-bond acceptors (Lipinski definition) is 4. The number of nitrogens with one attached hydrogen (secondary N) is 1. The molecule has 0 atom stereocenters. The Morgan fingerprint density at radius 2 is 2.05 bits per heavy atom. The van der Waals surface area contributed by atoms with Gasteiger partial charge in [0.25, 0.3) is 0 Å². The monoisotopic (exact) mass is 298 g/mol. The number of nitrogens with zero attached hydrogens (tertiary/aromatic N) is 1.